The molecule has 12 heavy (non-hydrogen) atoms. The Morgan fingerprint density at radius 1 is 1.17 bits per heavy atom. The van der Waals surface area contributed by atoms with Gasteiger partial charge in [-0.1, -0.05) is 0 Å². The monoisotopic (exact) mass is 191 g/mol. The molecule has 1 N–H and O–H groups in total. The van der Waals surface area contributed by atoms with Gasteiger partial charge >= 0.3 is 5.97 Å². The van der Waals surface area contributed by atoms with Crippen LogP contribution in [-0.4, -0.2) is 35.6 Å². The average Bonchev–Trinajstić information content (AvgIpc) is 2.08. The first-order valence-corrected chi connectivity index (χ1v) is 4.19. The zero-order chi connectivity index (χ0) is 7.90. The van der Waals surface area contributed by atoms with E-state index in [1.54, 1.807) is 0 Å². The van der Waals surface area contributed by atoms with Gasteiger partial charge in [0.25, 0.3) is 0 Å². The molecule has 0 unspecified atom stereocenters. The van der Waals surface area contributed by atoms with Gasteiger partial charge in [-0.15, -0.1) is 12.4 Å². The molecule has 0 saturated carbocycles. The highest BCUT2D eigenvalue weighted by Gasteiger charge is 2.45. The Balaban J connectivity index is 0.000000720. The van der Waals surface area contributed by atoms with E-state index in [4.69, 9.17) is 5.11 Å². The third-order valence-electron chi connectivity index (χ3n) is 3.17. The van der Waals surface area contributed by atoms with Crippen molar-refractivity contribution in [1.82, 2.24) is 4.90 Å². The average molecular weight is 192 g/mol. The second-order valence-corrected chi connectivity index (χ2v) is 3.68. The van der Waals surface area contributed by atoms with Gasteiger partial charge in [0.05, 0.1) is 5.41 Å². The fourth-order valence-corrected chi connectivity index (χ4v) is 2.15. The summed E-state index contributed by atoms with van der Waals surface area (Å²) < 4.78 is 0. The van der Waals surface area contributed by atoms with Crippen LogP contribution in [0.5, 0.6) is 0 Å². The number of piperidine rings is 3. The number of nitrogens with zero attached hydrogens (tertiary/aromatic N) is 1. The van der Waals surface area contributed by atoms with E-state index < -0.39 is 5.97 Å². The summed E-state index contributed by atoms with van der Waals surface area (Å²) in [6.45, 7) is 2.98. The van der Waals surface area contributed by atoms with E-state index in [0.29, 0.717) is 0 Å². The Morgan fingerprint density at radius 3 is 1.83 bits per heavy atom. The third-order valence-corrected chi connectivity index (χ3v) is 3.17. The first-order chi connectivity index (χ1) is 5.23. The molecular weight excluding hydrogens is 178 g/mol. The Bertz CT molecular complexity index is 174. The largest absolute Gasteiger partial charge is 0.481 e. The summed E-state index contributed by atoms with van der Waals surface area (Å²) in [7, 11) is 0. The number of halogens is 1. The van der Waals surface area contributed by atoms with Gasteiger partial charge in [0.2, 0.25) is 0 Å². The summed E-state index contributed by atoms with van der Waals surface area (Å²) in [4.78, 5) is 13.3. The first kappa shape index (κ1) is 9.81. The van der Waals surface area contributed by atoms with Crippen molar-refractivity contribution in [3.63, 3.8) is 0 Å². The van der Waals surface area contributed by atoms with Crippen molar-refractivity contribution in [1.29, 1.82) is 0 Å². The van der Waals surface area contributed by atoms with Crippen LogP contribution in [0.4, 0.5) is 0 Å². The molecule has 0 spiro atoms. The molecule has 3 rings (SSSR count). The number of carboxylic acid groups (broad SMARTS) is 1. The summed E-state index contributed by atoms with van der Waals surface area (Å²) in [5.41, 5.74) is -0.339. The van der Waals surface area contributed by atoms with Crippen molar-refractivity contribution in [2.75, 3.05) is 19.6 Å². The lowest BCUT2D eigenvalue weighted by molar-refractivity contribution is -0.156. The maximum absolute atomic E-state index is 10.9. The molecule has 0 aromatic carbocycles. The van der Waals surface area contributed by atoms with Gasteiger partial charge < -0.3 is 10.0 Å². The molecule has 2 bridgehead atoms. The van der Waals surface area contributed by atoms with E-state index in [0.717, 1.165) is 38.9 Å². The normalized spacial score (nSPS) is 38.8. The zero-order valence-corrected chi connectivity index (χ0v) is 7.77. The van der Waals surface area contributed by atoms with Crippen molar-refractivity contribution in [3.8, 4) is 0 Å². The van der Waals surface area contributed by atoms with E-state index in [9.17, 15) is 4.79 Å². The minimum Gasteiger partial charge on any atom is -0.481 e. The molecule has 3 aliphatic heterocycles. The number of hydrogen-bond acceptors (Lipinski definition) is 2. The van der Waals surface area contributed by atoms with E-state index in [2.05, 4.69) is 4.90 Å². The molecule has 3 nitrogen and oxygen atoms in total. The molecule has 0 aromatic heterocycles. The summed E-state index contributed by atoms with van der Waals surface area (Å²) >= 11 is 0. The molecule has 3 aliphatic rings. The van der Waals surface area contributed by atoms with Crippen LogP contribution in [-0.2, 0) is 4.79 Å². The van der Waals surface area contributed by atoms with Crippen molar-refractivity contribution >= 4 is 18.4 Å². The van der Waals surface area contributed by atoms with E-state index in [1.807, 2.05) is 0 Å². The molecule has 70 valence electrons. The lowest BCUT2D eigenvalue weighted by atomic mass is 9.72. The van der Waals surface area contributed by atoms with Gasteiger partial charge in [-0.3, -0.25) is 4.79 Å². The van der Waals surface area contributed by atoms with Gasteiger partial charge in [-0.25, -0.2) is 0 Å². The van der Waals surface area contributed by atoms with Gasteiger partial charge in [-0.2, -0.15) is 0 Å². The van der Waals surface area contributed by atoms with Crippen molar-refractivity contribution in [2.24, 2.45) is 5.41 Å². The minimum absolute atomic E-state index is 0. The van der Waals surface area contributed by atoms with Gasteiger partial charge in [0, 0.05) is 0 Å². The van der Waals surface area contributed by atoms with E-state index >= 15 is 0 Å². The topological polar surface area (TPSA) is 40.5 Å². The number of hydrogen-bond donors (Lipinski definition) is 1. The molecule has 0 radical (unpaired) electrons. The predicted molar refractivity (Wildman–Crippen MR) is 47.6 cm³/mol. The van der Waals surface area contributed by atoms with Gasteiger partial charge in [0.15, 0.2) is 0 Å². The van der Waals surface area contributed by atoms with Gasteiger partial charge in [-0.05, 0) is 38.9 Å². The molecular formula is C8H14ClNO2. The van der Waals surface area contributed by atoms with Crippen LogP contribution in [0.1, 0.15) is 19.3 Å². The Labute approximate surface area is 78.2 Å². The number of carbonyl (C=O) groups is 1. The molecule has 4 heteroatoms. The quantitative estimate of drug-likeness (QED) is 0.672. The minimum atomic E-state index is -0.572. The second-order valence-electron chi connectivity index (χ2n) is 3.68. The molecule has 3 fully saturated rings. The summed E-state index contributed by atoms with van der Waals surface area (Å²) in [6, 6.07) is 0. The second kappa shape index (κ2) is 3.23. The Morgan fingerprint density at radius 2 is 1.58 bits per heavy atom. The van der Waals surface area contributed by atoms with Crippen molar-refractivity contribution in [2.45, 2.75) is 19.3 Å². The molecule has 0 aliphatic carbocycles. The highest BCUT2D eigenvalue weighted by Crippen LogP contribution is 2.39. The van der Waals surface area contributed by atoms with Gasteiger partial charge in [0.1, 0.15) is 0 Å². The van der Waals surface area contributed by atoms with Crippen molar-refractivity contribution < 1.29 is 9.90 Å². The Hall–Kier alpha value is -0.280. The summed E-state index contributed by atoms with van der Waals surface area (Å²) in [6.07, 6.45) is 2.59. The summed E-state index contributed by atoms with van der Waals surface area (Å²) in [5.74, 6) is -0.572. The summed E-state index contributed by atoms with van der Waals surface area (Å²) in [5, 5.41) is 8.99. The predicted octanol–water partition coefficient (Wildman–Crippen LogP) is 0.979. The zero-order valence-electron chi connectivity index (χ0n) is 6.95. The molecule has 0 atom stereocenters. The van der Waals surface area contributed by atoms with Crippen LogP contribution >= 0.6 is 12.4 Å². The lowest BCUT2D eigenvalue weighted by Crippen LogP contribution is -2.51. The van der Waals surface area contributed by atoms with Crippen molar-refractivity contribution in [3.05, 3.63) is 0 Å². The number of aliphatic carboxylic acids is 1. The smallest absolute Gasteiger partial charge is 0.309 e. The lowest BCUT2D eigenvalue weighted by Gasteiger charge is -2.45. The number of fused-ring (bicyclic) bond motifs is 3. The van der Waals surface area contributed by atoms with Crippen LogP contribution < -0.4 is 0 Å². The fraction of sp³-hybridized carbons (Fsp3) is 0.875. The van der Waals surface area contributed by atoms with Crippen LogP contribution in [0.25, 0.3) is 0 Å². The SMILES string of the molecule is Cl.O=C(O)C12CCN(CC1)CC2. The van der Waals surface area contributed by atoms with E-state index in [1.165, 1.54) is 0 Å². The first-order valence-electron chi connectivity index (χ1n) is 4.19. The fourth-order valence-electron chi connectivity index (χ4n) is 2.15. The maximum Gasteiger partial charge on any atom is 0.309 e. The maximum atomic E-state index is 10.9. The number of rotatable bonds is 1. The number of carboxylic acids is 1. The molecule has 0 amide bonds. The molecule has 3 saturated heterocycles. The van der Waals surface area contributed by atoms with E-state index in [-0.39, 0.29) is 17.8 Å². The van der Waals surface area contributed by atoms with Crippen LogP contribution in [0.3, 0.4) is 0 Å². The molecule has 0 aromatic rings. The van der Waals surface area contributed by atoms with Crippen LogP contribution in [0.2, 0.25) is 0 Å². The highest BCUT2D eigenvalue weighted by molar-refractivity contribution is 5.85. The highest BCUT2D eigenvalue weighted by atomic mass is 35.5. The Kier molecular flexibility index (Phi) is 2.64. The standard InChI is InChI=1S/C8H13NO2.ClH/c10-7(11)8-1-4-9(5-2-8)6-3-8;/h1-6H2,(H,10,11);1H. The third kappa shape index (κ3) is 1.31. The van der Waals surface area contributed by atoms with Crippen LogP contribution in [0, 0.1) is 5.41 Å². The van der Waals surface area contributed by atoms with Crippen LogP contribution in [0.15, 0.2) is 0 Å². The molecule has 3 heterocycles.